The van der Waals surface area contributed by atoms with Crippen molar-refractivity contribution in [2.75, 3.05) is 18.0 Å². The van der Waals surface area contributed by atoms with Gasteiger partial charge in [0, 0.05) is 29.2 Å². The molecular formula is C15H21BrF2N2. The molecule has 1 aliphatic heterocycles. The van der Waals surface area contributed by atoms with Gasteiger partial charge in [0.1, 0.15) is 5.82 Å². The Labute approximate surface area is 127 Å². The van der Waals surface area contributed by atoms with E-state index in [0.29, 0.717) is 22.1 Å². The second-order valence-electron chi connectivity index (χ2n) is 5.46. The van der Waals surface area contributed by atoms with E-state index in [1.807, 2.05) is 4.90 Å². The summed E-state index contributed by atoms with van der Waals surface area (Å²) >= 11 is 3.29. The maximum Gasteiger partial charge on any atom is 0.150 e. The van der Waals surface area contributed by atoms with E-state index in [9.17, 15) is 8.78 Å². The lowest BCUT2D eigenvalue weighted by molar-refractivity contribution is 0.272. The Balaban J connectivity index is 2.27. The standard InChI is InChI=1S/C15H21BrF2N2/c1-4-19-14-5-6-20(10(3)9(14)2)15-12(16)7-11(17)8-13(15)18/h7-10,14,19H,4-6H2,1-3H3. The fourth-order valence-electron chi connectivity index (χ4n) is 3.04. The molecule has 2 nitrogen and oxygen atoms in total. The van der Waals surface area contributed by atoms with Gasteiger partial charge in [0.05, 0.1) is 5.69 Å². The number of nitrogens with one attached hydrogen (secondary N) is 1. The van der Waals surface area contributed by atoms with Gasteiger partial charge in [0.2, 0.25) is 0 Å². The molecule has 1 aromatic rings. The first-order chi connectivity index (χ1) is 9.45. The molecule has 5 heteroatoms. The summed E-state index contributed by atoms with van der Waals surface area (Å²) in [7, 11) is 0. The number of rotatable bonds is 3. The van der Waals surface area contributed by atoms with E-state index in [1.54, 1.807) is 0 Å². The summed E-state index contributed by atoms with van der Waals surface area (Å²) in [6.45, 7) is 8.09. The fourth-order valence-corrected chi connectivity index (χ4v) is 3.68. The van der Waals surface area contributed by atoms with Crippen LogP contribution in [0.3, 0.4) is 0 Å². The van der Waals surface area contributed by atoms with E-state index >= 15 is 0 Å². The van der Waals surface area contributed by atoms with E-state index < -0.39 is 11.6 Å². The summed E-state index contributed by atoms with van der Waals surface area (Å²) in [5.74, 6) is -0.653. The van der Waals surface area contributed by atoms with Gasteiger partial charge in [0.15, 0.2) is 5.82 Å². The number of halogens is 3. The average Bonchev–Trinajstić information content (AvgIpc) is 2.36. The van der Waals surface area contributed by atoms with Gasteiger partial charge in [-0.05, 0) is 47.8 Å². The largest absolute Gasteiger partial charge is 0.365 e. The Morgan fingerprint density at radius 2 is 2.05 bits per heavy atom. The van der Waals surface area contributed by atoms with Crippen molar-refractivity contribution in [3.63, 3.8) is 0 Å². The van der Waals surface area contributed by atoms with Crippen molar-refractivity contribution in [1.82, 2.24) is 5.32 Å². The molecule has 0 aliphatic carbocycles. The highest BCUT2D eigenvalue weighted by Gasteiger charge is 2.34. The molecule has 3 unspecified atom stereocenters. The van der Waals surface area contributed by atoms with Gasteiger partial charge < -0.3 is 10.2 Å². The molecule has 2 rings (SSSR count). The Morgan fingerprint density at radius 3 is 2.65 bits per heavy atom. The molecule has 0 amide bonds. The van der Waals surface area contributed by atoms with Gasteiger partial charge in [-0.3, -0.25) is 0 Å². The Bertz CT molecular complexity index is 458. The van der Waals surface area contributed by atoms with E-state index in [4.69, 9.17) is 0 Å². The highest BCUT2D eigenvalue weighted by molar-refractivity contribution is 9.10. The molecule has 1 aliphatic rings. The molecular weight excluding hydrogens is 326 g/mol. The van der Waals surface area contributed by atoms with Crippen molar-refractivity contribution in [2.24, 2.45) is 5.92 Å². The van der Waals surface area contributed by atoms with Crippen molar-refractivity contribution >= 4 is 21.6 Å². The molecule has 1 N–H and O–H groups in total. The first-order valence-corrected chi connectivity index (χ1v) is 7.89. The van der Waals surface area contributed by atoms with Crippen molar-refractivity contribution in [3.8, 4) is 0 Å². The maximum atomic E-state index is 14.1. The van der Waals surface area contributed by atoms with Crippen LogP contribution in [0.4, 0.5) is 14.5 Å². The van der Waals surface area contributed by atoms with Crippen LogP contribution in [0, 0.1) is 17.6 Å². The first kappa shape index (κ1) is 15.7. The van der Waals surface area contributed by atoms with Crippen molar-refractivity contribution in [1.29, 1.82) is 0 Å². The van der Waals surface area contributed by atoms with Gasteiger partial charge in [-0.2, -0.15) is 0 Å². The minimum absolute atomic E-state index is 0.198. The molecule has 112 valence electrons. The van der Waals surface area contributed by atoms with Crippen molar-refractivity contribution < 1.29 is 8.78 Å². The molecule has 1 aromatic carbocycles. The zero-order chi connectivity index (χ0) is 14.9. The van der Waals surface area contributed by atoms with Crippen LogP contribution in [-0.4, -0.2) is 25.2 Å². The molecule has 20 heavy (non-hydrogen) atoms. The third kappa shape index (κ3) is 2.98. The highest BCUT2D eigenvalue weighted by Crippen LogP contribution is 2.36. The highest BCUT2D eigenvalue weighted by atomic mass is 79.9. The smallest absolute Gasteiger partial charge is 0.150 e. The molecule has 0 radical (unpaired) electrons. The third-order valence-electron chi connectivity index (χ3n) is 4.30. The molecule has 1 fully saturated rings. The van der Waals surface area contributed by atoms with Crippen LogP contribution in [0.5, 0.6) is 0 Å². The van der Waals surface area contributed by atoms with Crippen LogP contribution in [-0.2, 0) is 0 Å². The minimum atomic E-state index is -0.554. The topological polar surface area (TPSA) is 15.3 Å². The molecule has 0 bridgehead atoms. The second kappa shape index (κ2) is 6.39. The number of nitrogens with zero attached hydrogens (tertiary/aromatic N) is 1. The van der Waals surface area contributed by atoms with Crippen LogP contribution in [0.1, 0.15) is 27.2 Å². The number of hydrogen-bond acceptors (Lipinski definition) is 2. The van der Waals surface area contributed by atoms with Crippen LogP contribution < -0.4 is 10.2 Å². The van der Waals surface area contributed by atoms with E-state index in [0.717, 1.165) is 25.6 Å². The van der Waals surface area contributed by atoms with Gasteiger partial charge in [-0.15, -0.1) is 0 Å². The number of hydrogen-bond donors (Lipinski definition) is 1. The molecule has 0 saturated carbocycles. The van der Waals surface area contributed by atoms with Gasteiger partial charge in [-0.25, -0.2) is 8.78 Å². The van der Waals surface area contributed by atoms with Crippen LogP contribution in [0.25, 0.3) is 0 Å². The number of benzene rings is 1. The molecule has 0 aromatic heterocycles. The van der Waals surface area contributed by atoms with Gasteiger partial charge in [0.25, 0.3) is 0 Å². The SMILES string of the molecule is CCNC1CCN(c2c(F)cc(F)cc2Br)C(C)C1C. The van der Waals surface area contributed by atoms with Crippen LogP contribution in [0.15, 0.2) is 16.6 Å². The summed E-state index contributed by atoms with van der Waals surface area (Å²) < 4.78 is 27.8. The van der Waals surface area contributed by atoms with E-state index in [2.05, 4.69) is 42.0 Å². The van der Waals surface area contributed by atoms with E-state index in [1.165, 1.54) is 6.07 Å². The number of piperidine rings is 1. The molecule has 1 heterocycles. The Kier molecular flexibility index (Phi) is 5.02. The van der Waals surface area contributed by atoms with Gasteiger partial charge >= 0.3 is 0 Å². The van der Waals surface area contributed by atoms with Crippen molar-refractivity contribution in [3.05, 3.63) is 28.2 Å². The van der Waals surface area contributed by atoms with E-state index in [-0.39, 0.29) is 6.04 Å². The summed E-state index contributed by atoms with van der Waals surface area (Å²) in [5, 5.41) is 3.48. The van der Waals surface area contributed by atoms with Crippen molar-refractivity contribution in [2.45, 2.75) is 39.3 Å². The normalized spacial score (nSPS) is 26.9. The molecule has 1 saturated heterocycles. The van der Waals surface area contributed by atoms with Crippen LogP contribution >= 0.6 is 15.9 Å². The first-order valence-electron chi connectivity index (χ1n) is 7.10. The lowest BCUT2D eigenvalue weighted by Crippen LogP contribution is -2.53. The predicted molar refractivity (Wildman–Crippen MR) is 82.1 cm³/mol. The number of anilines is 1. The maximum absolute atomic E-state index is 14.1. The summed E-state index contributed by atoms with van der Waals surface area (Å²) in [6.07, 6.45) is 0.961. The lowest BCUT2D eigenvalue weighted by atomic mass is 9.86. The summed E-state index contributed by atoms with van der Waals surface area (Å²) in [6, 6.07) is 2.93. The summed E-state index contributed by atoms with van der Waals surface area (Å²) in [5.41, 5.74) is 0.473. The third-order valence-corrected chi connectivity index (χ3v) is 4.91. The molecule has 0 spiro atoms. The lowest BCUT2D eigenvalue weighted by Gasteiger charge is -2.44. The minimum Gasteiger partial charge on any atom is -0.365 e. The Morgan fingerprint density at radius 1 is 1.35 bits per heavy atom. The average molecular weight is 347 g/mol. The summed E-state index contributed by atoms with van der Waals surface area (Å²) in [4.78, 5) is 2.04. The molecule has 3 atom stereocenters. The zero-order valence-electron chi connectivity index (χ0n) is 12.1. The monoisotopic (exact) mass is 346 g/mol. The fraction of sp³-hybridized carbons (Fsp3) is 0.600. The quantitative estimate of drug-likeness (QED) is 0.891. The zero-order valence-corrected chi connectivity index (χ0v) is 13.7. The Hall–Kier alpha value is -0.680. The van der Waals surface area contributed by atoms with Crippen LogP contribution in [0.2, 0.25) is 0 Å². The predicted octanol–water partition coefficient (Wildman–Crippen LogP) is 3.94. The van der Waals surface area contributed by atoms with Gasteiger partial charge in [-0.1, -0.05) is 13.8 Å². The second-order valence-corrected chi connectivity index (χ2v) is 6.32.